The number of carbonyl (C=O) groups excluding carboxylic acids is 1. The van der Waals surface area contributed by atoms with Crippen LogP contribution in [0.25, 0.3) is 0 Å². The molecule has 27 heavy (non-hydrogen) atoms. The first kappa shape index (κ1) is 18.3. The minimum atomic E-state index is -0.438. The second-order valence-corrected chi connectivity index (χ2v) is 6.28. The van der Waals surface area contributed by atoms with Crippen molar-refractivity contribution in [3.05, 3.63) is 112 Å². The molecular formula is C22H20N2O3. The number of benzene rings is 3. The average molecular weight is 360 g/mol. The van der Waals surface area contributed by atoms with Crippen molar-refractivity contribution in [3.8, 4) is 0 Å². The smallest absolute Gasteiger partial charge is 0.269 e. The summed E-state index contributed by atoms with van der Waals surface area (Å²) in [5, 5.41) is 13.6. The van der Waals surface area contributed by atoms with Crippen molar-refractivity contribution in [2.45, 2.75) is 18.9 Å². The molecule has 0 saturated heterocycles. The normalized spacial score (nSPS) is 10.6. The number of hydrogen-bond acceptors (Lipinski definition) is 3. The molecule has 0 heterocycles. The van der Waals surface area contributed by atoms with E-state index in [1.807, 2.05) is 60.7 Å². The van der Waals surface area contributed by atoms with Crippen LogP contribution in [-0.2, 0) is 11.3 Å². The van der Waals surface area contributed by atoms with Gasteiger partial charge in [-0.3, -0.25) is 14.9 Å². The maximum absolute atomic E-state index is 12.5. The first-order valence-electron chi connectivity index (χ1n) is 8.73. The summed E-state index contributed by atoms with van der Waals surface area (Å²) in [4.78, 5) is 22.8. The number of amides is 1. The molecule has 136 valence electrons. The van der Waals surface area contributed by atoms with E-state index < -0.39 is 4.92 Å². The summed E-state index contributed by atoms with van der Waals surface area (Å²) < 4.78 is 0. The maximum Gasteiger partial charge on any atom is 0.269 e. The van der Waals surface area contributed by atoms with Crippen LogP contribution in [0.3, 0.4) is 0 Å². The minimum Gasteiger partial charge on any atom is -0.352 e. The third-order valence-electron chi connectivity index (χ3n) is 4.43. The van der Waals surface area contributed by atoms with Crippen LogP contribution in [-0.4, -0.2) is 10.8 Å². The van der Waals surface area contributed by atoms with Crippen LogP contribution < -0.4 is 5.32 Å². The summed E-state index contributed by atoms with van der Waals surface area (Å²) in [6.45, 7) is 0.340. The Hall–Kier alpha value is -3.47. The van der Waals surface area contributed by atoms with Gasteiger partial charge in [-0.05, 0) is 16.7 Å². The van der Waals surface area contributed by atoms with Gasteiger partial charge >= 0.3 is 0 Å². The van der Waals surface area contributed by atoms with Crippen molar-refractivity contribution in [2.24, 2.45) is 0 Å². The Labute approximate surface area is 157 Å². The number of carbonyl (C=O) groups is 1. The largest absolute Gasteiger partial charge is 0.352 e. The summed E-state index contributed by atoms with van der Waals surface area (Å²) in [6.07, 6.45) is 0.334. The Balaban J connectivity index is 1.67. The van der Waals surface area contributed by atoms with Gasteiger partial charge in [0.05, 0.1) is 4.92 Å². The molecule has 5 nitrogen and oxygen atoms in total. The maximum atomic E-state index is 12.5. The van der Waals surface area contributed by atoms with Crippen LogP contribution in [0.15, 0.2) is 84.9 Å². The molecule has 0 aliphatic rings. The number of nitrogens with zero attached hydrogens (tertiary/aromatic N) is 1. The summed E-state index contributed by atoms with van der Waals surface area (Å²) in [7, 11) is 0. The van der Waals surface area contributed by atoms with E-state index in [0.29, 0.717) is 13.0 Å². The van der Waals surface area contributed by atoms with E-state index >= 15 is 0 Å². The average Bonchev–Trinajstić information content (AvgIpc) is 2.72. The first-order chi connectivity index (χ1) is 13.1. The Morgan fingerprint density at radius 2 is 1.37 bits per heavy atom. The predicted octanol–water partition coefficient (Wildman–Crippen LogP) is 4.43. The van der Waals surface area contributed by atoms with Gasteiger partial charge in [0.2, 0.25) is 5.91 Å². The van der Waals surface area contributed by atoms with Crippen molar-refractivity contribution < 1.29 is 9.72 Å². The number of nitro benzene ring substituents is 1. The lowest BCUT2D eigenvalue weighted by atomic mass is 9.88. The van der Waals surface area contributed by atoms with Crippen LogP contribution in [0.4, 0.5) is 5.69 Å². The number of hydrogen-bond donors (Lipinski definition) is 1. The van der Waals surface area contributed by atoms with Crippen molar-refractivity contribution in [2.75, 3.05) is 0 Å². The monoisotopic (exact) mass is 360 g/mol. The van der Waals surface area contributed by atoms with Crippen LogP contribution >= 0.6 is 0 Å². The SMILES string of the molecule is O=C(CC(c1ccccc1)c1ccccc1)NCc1ccc([N+](=O)[O-])cc1. The lowest BCUT2D eigenvalue weighted by Gasteiger charge is -2.18. The van der Waals surface area contributed by atoms with E-state index in [-0.39, 0.29) is 17.5 Å². The van der Waals surface area contributed by atoms with Crippen molar-refractivity contribution in [1.29, 1.82) is 0 Å². The van der Waals surface area contributed by atoms with Gasteiger partial charge in [0.1, 0.15) is 0 Å². The fourth-order valence-corrected chi connectivity index (χ4v) is 2.99. The van der Waals surface area contributed by atoms with E-state index in [9.17, 15) is 14.9 Å². The Morgan fingerprint density at radius 1 is 0.852 bits per heavy atom. The van der Waals surface area contributed by atoms with E-state index in [0.717, 1.165) is 16.7 Å². The van der Waals surface area contributed by atoms with Crippen LogP contribution in [0, 0.1) is 10.1 Å². The molecule has 1 amide bonds. The van der Waals surface area contributed by atoms with Crippen molar-refractivity contribution in [3.63, 3.8) is 0 Å². The third-order valence-corrected chi connectivity index (χ3v) is 4.43. The molecule has 3 rings (SSSR count). The van der Waals surface area contributed by atoms with Crippen LogP contribution in [0.5, 0.6) is 0 Å². The van der Waals surface area contributed by atoms with Crippen molar-refractivity contribution >= 4 is 11.6 Å². The molecule has 0 saturated carbocycles. The number of non-ortho nitro benzene ring substituents is 1. The van der Waals surface area contributed by atoms with Gasteiger partial charge in [-0.25, -0.2) is 0 Å². The molecule has 5 heteroatoms. The highest BCUT2D eigenvalue weighted by molar-refractivity contribution is 5.77. The fraction of sp³-hybridized carbons (Fsp3) is 0.136. The highest BCUT2D eigenvalue weighted by Gasteiger charge is 2.18. The van der Waals surface area contributed by atoms with E-state index in [1.54, 1.807) is 12.1 Å². The molecule has 0 spiro atoms. The van der Waals surface area contributed by atoms with Crippen LogP contribution in [0.1, 0.15) is 29.0 Å². The van der Waals surface area contributed by atoms with E-state index in [1.165, 1.54) is 12.1 Å². The summed E-state index contributed by atoms with van der Waals surface area (Å²) in [5.41, 5.74) is 3.05. The van der Waals surface area contributed by atoms with Gasteiger partial charge in [-0.2, -0.15) is 0 Å². The van der Waals surface area contributed by atoms with Crippen LogP contribution in [0.2, 0.25) is 0 Å². The Morgan fingerprint density at radius 3 is 1.85 bits per heavy atom. The van der Waals surface area contributed by atoms with E-state index in [2.05, 4.69) is 5.32 Å². The predicted molar refractivity (Wildman–Crippen MR) is 104 cm³/mol. The van der Waals surface area contributed by atoms with Crippen molar-refractivity contribution in [1.82, 2.24) is 5.32 Å². The molecule has 0 aliphatic heterocycles. The third kappa shape index (κ3) is 5.01. The zero-order valence-corrected chi connectivity index (χ0v) is 14.7. The van der Waals surface area contributed by atoms with Gasteiger partial charge in [-0.15, -0.1) is 0 Å². The Bertz CT molecular complexity index is 854. The molecule has 0 unspecified atom stereocenters. The first-order valence-corrected chi connectivity index (χ1v) is 8.73. The lowest BCUT2D eigenvalue weighted by molar-refractivity contribution is -0.384. The topological polar surface area (TPSA) is 72.2 Å². The molecule has 0 radical (unpaired) electrons. The molecule has 3 aromatic carbocycles. The highest BCUT2D eigenvalue weighted by atomic mass is 16.6. The molecule has 0 aliphatic carbocycles. The van der Waals surface area contributed by atoms with Gasteiger partial charge in [0, 0.05) is 31.0 Å². The zero-order chi connectivity index (χ0) is 19.1. The Kier molecular flexibility index (Phi) is 5.94. The molecule has 0 bridgehead atoms. The zero-order valence-electron chi connectivity index (χ0n) is 14.7. The van der Waals surface area contributed by atoms with Gasteiger partial charge in [0.25, 0.3) is 5.69 Å². The fourth-order valence-electron chi connectivity index (χ4n) is 2.99. The molecule has 0 aromatic heterocycles. The van der Waals surface area contributed by atoms with E-state index in [4.69, 9.17) is 0 Å². The molecular weight excluding hydrogens is 340 g/mol. The summed E-state index contributed by atoms with van der Waals surface area (Å²) in [5.74, 6) is -0.0877. The highest BCUT2D eigenvalue weighted by Crippen LogP contribution is 2.27. The standard InChI is InChI=1S/C22H20N2O3/c25-22(23-16-17-11-13-20(14-12-17)24(26)27)15-21(18-7-3-1-4-8-18)19-9-5-2-6-10-19/h1-14,21H,15-16H2,(H,23,25). The minimum absolute atomic E-state index is 0.0238. The molecule has 0 atom stereocenters. The van der Waals surface area contributed by atoms with Gasteiger partial charge in [-0.1, -0.05) is 72.8 Å². The molecule has 0 fully saturated rings. The lowest BCUT2D eigenvalue weighted by Crippen LogP contribution is -2.25. The summed E-state index contributed by atoms with van der Waals surface area (Å²) >= 11 is 0. The summed E-state index contributed by atoms with van der Waals surface area (Å²) in [6, 6.07) is 26.1. The second-order valence-electron chi connectivity index (χ2n) is 6.28. The quantitative estimate of drug-likeness (QED) is 0.500. The number of rotatable bonds is 7. The second kappa shape index (κ2) is 8.76. The van der Waals surface area contributed by atoms with Gasteiger partial charge in [0.15, 0.2) is 0 Å². The molecule has 1 N–H and O–H groups in total. The van der Waals surface area contributed by atoms with Gasteiger partial charge < -0.3 is 5.32 Å². The molecule has 3 aromatic rings. The number of nitrogens with one attached hydrogen (secondary N) is 1. The number of nitro groups is 1.